The van der Waals surface area contributed by atoms with Gasteiger partial charge in [0.15, 0.2) is 5.82 Å². The maximum Gasteiger partial charge on any atom is 0.252 e. The molecule has 1 unspecified atom stereocenters. The van der Waals surface area contributed by atoms with Crippen LogP contribution in [0.25, 0.3) is 0 Å². The number of carbonyl (C=O) groups is 2. The minimum Gasteiger partial charge on any atom is -0.381 e. The highest BCUT2D eigenvalue weighted by atomic mass is 16.5. The summed E-state index contributed by atoms with van der Waals surface area (Å²) in [5.41, 5.74) is 2.12. The average Bonchev–Trinajstić information content (AvgIpc) is 2.77. The minimum absolute atomic E-state index is 0.0435. The normalized spacial score (nSPS) is 18.7. The molecule has 7 heteroatoms. The number of carbonyl (C=O) groups excluding carboxylic acids is 2. The maximum atomic E-state index is 12.6. The highest BCUT2D eigenvalue weighted by Crippen LogP contribution is 2.29. The summed E-state index contributed by atoms with van der Waals surface area (Å²) in [6.45, 7) is 2.87. The van der Waals surface area contributed by atoms with E-state index in [9.17, 15) is 9.59 Å². The lowest BCUT2D eigenvalue weighted by Crippen LogP contribution is -2.40. The van der Waals surface area contributed by atoms with Gasteiger partial charge in [0.25, 0.3) is 5.91 Å². The summed E-state index contributed by atoms with van der Waals surface area (Å²) in [6, 6.07) is 11.5. The highest BCUT2D eigenvalue weighted by molar-refractivity contribution is 6.04. The van der Waals surface area contributed by atoms with Gasteiger partial charge in [0.05, 0.1) is 24.3 Å². The van der Waals surface area contributed by atoms with Crippen molar-refractivity contribution in [2.45, 2.75) is 25.8 Å². The minimum atomic E-state index is -0.172. The van der Waals surface area contributed by atoms with Crippen molar-refractivity contribution in [3.8, 4) is 0 Å². The fourth-order valence-electron chi connectivity index (χ4n) is 3.77. The Morgan fingerprint density at radius 3 is 2.97 bits per heavy atom. The fourth-order valence-corrected chi connectivity index (χ4v) is 3.77. The zero-order chi connectivity index (χ0) is 20.1. The van der Waals surface area contributed by atoms with E-state index in [1.807, 2.05) is 30.3 Å². The number of amides is 2. The van der Waals surface area contributed by atoms with Crippen LogP contribution >= 0.6 is 0 Å². The van der Waals surface area contributed by atoms with E-state index in [2.05, 4.69) is 15.6 Å². The van der Waals surface area contributed by atoms with Crippen molar-refractivity contribution in [1.82, 2.24) is 10.3 Å². The van der Waals surface area contributed by atoms with Gasteiger partial charge in [-0.1, -0.05) is 30.3 Å². The molecule has 0 bridgehead atoms. The second kappa shape index (κ2) is 9.05. The number of fused-ring (bicyclic) bond motifs is 1. The summed E-state index contributed by atoms with van der Waals surface area (Å²) in [7, 11) is 0. The first kappa shape index (κ1) is 19.4. The first-order valence-electron chi connectivity index (χ1n) is 10.1. The van der Waals surface area contributed by atoms with Crippen LogP contribution in [0.4, 0.5) is 11.5 Å². The van der Waals surface area contributed by atoms with E-state index in [1.165, 1.54) is 0 Å². The van der Waals surface area contributed by atoms with Gasteiger partial charge < -0.3 is 20.3 Å². The van der Waals surface area contributed by atoms with Gasteiger partial charge >= 0.3 is 0 Å². The van der Waals surface area contributed by atoms with E-state index in [1.54, 1.807) is 17.2 Å². The molecule has 2 N–H and O–H groups in total. The third-order valence-electron chi connectivity index (χ3n) is 5.40. The molecule has 2 aliphatic rings. The molecular weight excluding hydrogens is 368 g/mol. The molecule has 4 rings (SSSR count). The summed E-state index contributed by atoms with van der Waals surface area (Å²) >= 11 is 0. The summed E-state index contributed by atoms with van der Waals surface area (Å²) in [6.07, 6.45) is 4.70. The third-order valence-corrected chi connectivity index (χ3v) is 5.40. The van der Waals surface area contributed by atoms with Crippen LogP contribution in [0.5, 0.6) is 0 Å². The Labute approximate surface area is 170 Å². The van der Waals surface area contributed by atoms with Crippen molar-refractivity contribution in [1.29, 1.82) is 0 Å². The molecule has 1 aromatic heterocycles. The number of nitrogens with one attached hydrogen (secondary N) is 2. The quantitative estimate of drug-likeness (QED) is 0.787. The van der Waals surface area contributed by atoms with E-state index < -0.39 is 0 Å². The summed E-state index contributed by atoms with van der Waals surface area (Å²) in [5.74, 6) is 0.915. The Morgan fingerprint density at radius 1 is 1.31 bits per heavy atom. The molecule has 1 fully saturated rings. The monoisotopic (exact) mass is 394 g/mol. The Hall–Kier alpha value is -2.93. The fraction of sp³-hybridized carbons (Fsp3) is 0.409. The number of aromatic nitrogens is 1. The van der Waals surface area contributed by atoms with Crippen molar-refractivity contribution in [3.63, 3.8) is 0 Å². The summed E-state index contributed by atoms with van der Waals surface area (Å²) < 4.78 is 5.49. The Bertz CT molecular complexity index is 866. The number of nitrogens with zero attached hydrogens (tertiary/aromatic N) is 2. The van der Waals surface area contributed by atoms with E-state index in [0.29, 0.717) is 36.1 Å². The van der Waals surface area contributed by atoms with Gasteiger partial charge in [-0.2, -0.15) is 0 Å². The average molecular weight is 394 g/mol. The lowest BCUT2D eigenvalue weighted by Gasteiger charge is -2.29. The number of ether oxygens (including phenoxy) is 1. The van der Waals surface area contributed by atoms with Crippen molar-refractivity contribution in [2.24, 2.45) is 5.92 Å². The van der Waals surface area contributed by atoms with Crippen LogP contribution < -0.4 is 15.5 Å². The summed E-state index contributed by atoms with van der Waals surface area (Å²) in [5, 5.41) is 6.00. The van der Waals surface area contributed by atoms with Gasteiger partial charge in [0.1, 0.15) is 0 Å². The van der Waals surface area contributed by atoms with Gasteiger partial charge in [0, 0.05) is 26.0 Å². The van der Waals surface area contributed by atoms with E-state index in [-0.39, 0.29) is 18.4 Å². The molecule has 3 heterocycles. The maximum absolute atomic E-state index is 12.6. The molecule has 0 radical (unpaired) electrons. The molecule has 2 aromatic rings. The molecule has 1 atom stereocenters. The molecule has 152 valence electrons. The second-order valence-electron chi connectivity index (χ2n) is 7.54. The number of pyridine rings is 1. The topological polar surface area (TPSA) is 83.6 Å². The molecule has 1 aromatic carbocycles. The first-order chi connectivity index (χ1) is 14.2. The van der Waals surface area contributed by atoms with Crippen molar-refractivity contribution >= 4 is 23.3 Å². The summed E-state index contributed by atoms with van der Waals surface area (Å²) in [4.78, 5) is 31.2. The molecular formula is C22H26N4O3. The van der Waals surface area contributed by atoms with E-state index in [4.69, 9.17) is 4.74 Å². The number of hydrogen-bond acceptors (Lipinski definition) is 5. The lowest BCUT2D eigenvalue weighted by atomic mass is 9.99. The van der Waals surface area contributed by atoms with Gasteiger partial charge in [-0.25, -0.2) is 4.98 Å². The van der Waals surface area contributed by atoms with Crippen LogP contribution in [0, 0.1) is 5.92 Å². The predicted octanol–water partition coefficient (Wildman–Crippen LogP) is 2.59. The van der Waals surface area contributed by atoms with Crippen molar-refractivity contribution < 1.29 is 14.3 Å². The molecule has 7 nitrogen and oxygen atoms in total. The number of anilines is 2. The molecule has 0 saturated carbocycles. The largest absolute Gasteiger partial charge is 0.381 e. The van der Waals surface area contributed by atoms with Crippen LogP contribution in [0.1, 0.15) is 35.2 Å². The molecule has 0 spiro atoms. The van der Waals surface area contributed by atoms with Gasteiger partial charge in [-0.3, -0.25) is 9.59 Å². The smallest absolute Gasteiger partial charge is 0.252 e. The van der Waals surface area contributed by atoms with Crippen molar-refractivity contribution in [2.75, 3.05) is 36.5 Å². The Kier molecular flexibility index (Phi) is 6.05. The first-order valence-corrected chi connectivity index (χ1v) is 10.1. The number of rotatable bonds is 6. The van der Waals surface area contributed by atoms with Crippen LogP contribution in [-0.4, -0.2) is 43.1 Å². The van der Waals surface area contributed by atoms with E-state index in [0.717, 1.165) is 38.0 Å². The zero-order valence-corrected chi connectivity index (χ0v) is 16.4. The van der Waals surface area contributed by atoms with Gasteiger partial charge in [-0.15, -0.1) is 0 Å². The predicted molar refractivity (Wildman–Crippen MR) is 111 cm³/mol. The van der Waals surface area contributed by atoms with Crippen LogP contribution in [0.3, 0.4) is 0 Å². The standard InChI is InChI=1S/C22H26N4O3/c27-20-13-25-21-19(26(20)14-16-5-2-1-3-6-16)11-18(12-24-21)22(28)23-9-8-17-7-4-10-29-15-17/h1-3,5-6,11-12,17H,4,7-10,13-15H2,(H,23,28)(H,24,25). The van der Waals surface area contributed by atoms with Crippen LogP contribution in [-0.2, 0) is 16.1 Å². The van der Waals surface area contributed by atoms with E-state index >= 15 is 0 Å². The van der Waals surface area contributed by atoms with Gasteiger partial charge in [0.2, 0.25) is 5.91 Å². The number of benzene rings is 1. The molecule has 2 amide bonds. The molecule has 29 heavy (non-hydrogen) atoms. The lowest BCUT2D eigenvalue weighted by molar-refractivity contribution is -0.117. The Morgan fingerprint density at radius 2 is 2.17 bits per heavy atom. The van der Waals surface area contributed by atoms with Crippen LogP contribution in [0.2, 0.25) is 0 Å². The van der Waals surface area contributed by atoms with Crippen LogP contribution in [0.15, 0.2) is 42.6 Å². The highest BCUT2D eigenvalue weighted by Gasteiger charge is 2.26. The van der Waals surface area contributed by atoms with Crippen molar-refractivity contribution in [3.05, 3.63) is 53.7 Å². The third kappa shape index (κ3) is 4.74. The van der Waals surface area contributed by atoms with Gasteiger partial charge in [-0.05, 0) is 36.8 Å². The SMILES string of the molecule is O=C(NCCC1CCCOC1)c1cnc2c(c1)N(Cc1ccccc1)C(=O)CN2. The molecule has 0 aliphatic carbocycles. The second-order valence-corrected chi connectivity index (χ2v) is 7.54. The zero-order valence-electron chi connectivity index (χ0n) is 16.4. The Balaban J connectivity index is 1.44. The number of hydrogen-bond donors (Lipinski definition) is 2. The molecule has 1 saturated heterocycles. The molecule has 2 aliphatic heterocycles.